The van der Waals surface area contributed by atoms with E-state index >= 15 is 0 Å². The second kappa shape index (κ2) is 5.12. The Morgan fingerprint density at radius 3 is 3.06 bits per heavy atom. The molecule has 1 aromatic carbocycles. The number of aromatic amines is 1. The molecule has 96 valence electrons. The number of hydrogen-bond acceptors (Lipinski definition) is 2. The lowest BCUT2D eigenvalue weighted by atomic mass is 10.1. The van der Waals surface area contributed by atoms with Gasteiger partial charge in [-0.3, -0.25) is 0 Å². The van der Waals surface area contributed by atoms with Gasteiger partial charge >= 0.3 is 0 Å². The summed E-state index contributed by atoms with van der Waals surface area (Å²) in [5.41, 5.74) is 4.03. The third-order valence-corrected chi connectivity index (χ3v) is 3.90. The van der Waals surface area contributed by atoms with Crippen molar-refractivity contribution in [2.24, 2.45) is 0 Å². The van der Waals surface area contributed by atoms with E-state index in [1.165, 1.54) is 28.6 Å². The zero-order valence-corrected chi connectivity index (χ0v) is 10.9. The van der Waals surface area contributed by atoms with Crippen LogP contribution in [0.1, 0.15) is 17.7 Å². The molecule has 1 atom stereocenters. The van der Waals surface area contributed by atoms with E-state index in [1.807, 2.05) is 0 Å². The minimum atomic E-state index is 0.663. The summed E-state index contributed by atoms with van der Waals surface area (Å²) in [6, 6.07) is 9.24. The van der Waals surface area contributed by atoms with Crippen LogP contribution in [0.15, 0.2) is 24.3 Å². The van der Waals surface area contributed by atoms with E-state index in [0.29, 0.717) is 6.04 Å². The maximum atomic E-state index is 3.64. The molecule has 3 N–H and O–H groups in total. The summed E-state index contributed by atoms with van der Waals surface area (Å²) in [6.07, 6.45) is 2.36. The number of hydrogen-bond donors (Lipinski definition) is 3. The minimum absolute atomic E-state index is 0.663. The van der Waals surface area contributed by atoms with E-state index in [0.717, 1.165) is 26.1 Å². The molecule has 1 aliphatic rings. The molecule has 3 nitrogen and oxygen atoms in total. The number of aromatic nitrogens is 1. The van der Waals surface area contributed by atoms with E-state index in [4.69, 9.17) is 0 Å². The highest BCUT2D eigenvalue weighted by Crippen LogP contribution is 2.21. The first-order valence-electron chi connectivity index (χ1n) is 6.85. The lowest BCUT2D eigenvalue weighted by molar-refractivity contribution is 0.550. The fourth-order valence-electron chi connectivity index (χ4n) is 2.89. The number of rotatable bonds is 4. The van der Waals surface area contributed by atoms with Crippen molar-refractivity contribution >= 4 is 10.9 Å². The summed E-state index contributed by atoms with van der Waals surface area (Å²) in [5.74, 6) is 0. The van der Waals surface area contributed by atoms with Crippen molar-refractivity contribution in [3.63, 3.8) is 0 Å². The van der Waals surface area contributed by atoms with Gasteiger partial charge in [0.2, 0.25) is 0 Å². The summed E-state index contributed by atoms with van der Waals surface area (Å²) in [7, 11) is 0. The van der Waals surface area contributed by atoms with Crippen molar-refractivity contribution in [3.8, 4) is 0 Å². The normalized spacial score (nSPS) is 19.7. The van der Waals surface area contributed by atoms with Crippen LogP contribution in [0.2, 0.25) is 0 Å². The smallest absolute Gasteiger partial charge is 0.0458 e. The van der Waals surface area contributed by atoms with Gasteiger partial charge < -0.3 is 15.6 Å². The first-order valence-corrected chi connectivity index (χ1v) is 6.85. The number of aryl methyl sites for hydroxylation is 1. The molecule has 0 spiro atoms. The second-order valence-electron chi connectivity index (χ2n) is 5.17. The molecule has 2 heterocycles. The van der Waals surface area contributed by atoms with Crippen molar-refractivity contribution in [1.29, 1.82) is 0 Å². The molecule has 0 amide bonds. The van der Waals surface area contributed by atoms with Gasteiger partial charge in [0.25, 0.3) is 0 Å². The third-order valence-electron chi connectivity index (χ3n) is 3.90. The highest BCUT2D eigenvalue weighted by Gasteiger charge is 2.13. The molecular formula is C15H21N3. The second-order valence-corrected chi connectivity index (χ2v) is 5.17. The Hall–Kier alpha value is -1.32. The van der Waals surface area contributed by atoms with Crippen LogP contribution in [-0.4, -0.2) is 30.7 Å². The van der Waals surface area contributed by atoms with Gasteiger partial charge in [0.15, 0.2) is 0 Å². The van der Waals surface area contributed by atoms with Crippen molar-refractivity contribution in [3.05, 3.63) is 35.5 Å². The molecule has 3 heteroatoms. The van der Waals surface area contributed by atoms with Crippen LogP contribution in [0.4, 0.5) is 0 Å². The number of para-hydroxylation sites is 1. The fourth-order valence-corrected chi connectivity index (χ4v) is 2.89. The summed E-state index contributed by atoms with van der Waals surface area (Å²) in [4.78, 5) is 3.47. The van der Waals surface area contributed by atoms with Gasteiger partial charge in [-0.05, 0) is 44.5 Å². The van der Waals surface area contributed by atoms with E-state index in [-0.39, 0.29) is 0 Å². The monoisotopic (exact) mass is 243 g/mol. The molecule has 1 saturated heterocycles. The molecule has 1 aromatic heterocycles. The molecule has 1 unspecified atom stereocenters. The maximum absolute atomic E-state index is 3.64. The highest BCUT2D eigenvalue weighted by molar-refractivity contribution is 5.84. The highest BCUT2D eigenvalue weighted by atomic mass is 15.0. The van der Waals surface area contributed by atoms with Gasteiger partial charge in [-0.15, -0.1) is 0 Å². The molecular weight excluding hydrogens is 222 g/mol. The summed E-state index contributed by atoms with van der Waals surface area (Å²) in [6.45, 7) is 5.51. The predicted molar refractivity (Wildman–Crippen MR) is 76.0 cm³/mol. The van der Waals surface area contributed by atoms with Crippen LogP contribution in [0.5, 0.6) is 0 Å². The first kappa shape index (κ1) is 11.8. The van der Waals surface area contributed by atoms with E-state index in [2.05, 4.69) is 46.8 Å². The number of nitrogens with one attached hydrogen (secondary N) is 3. The Morgan fingerprint density at radius 2 is 2.22 bits per heavy atom. The average molecular weight is 243 g/mol. The van der Waals surface area contributed by atoms with Gasteiger partial charge in [-0.2, -0.15) is 0 Å². The molecule has 1 aliphatic heterocycles. The van der Waals surface area contributed by atoms with E-state index < -0.39 is 0 Å². The Labute approximate surface area is 108 Å². The first-order chi connectivity index (χ1) is 8.84. The van der Waals surface area contributed by atoms with Crippen LogP contribution in [0.3, 0.4) is 0 Å². The van der Waals surface area contributed by atoms with Crippen molar-refractivity contribution in [2.75, 3.05) is 19.6 Å². The van der Waals surface area contributed by atoms with Crippen LogP contribution in [-0.2, 0) is 6.42 Å². The zero-order valence-electron chi connectivity index (χ0n) is 10.9. The fraction of sp³-hybridized carbons (Fsp3) is 0.467. The Kier molecular flexibility index (Phi) is 3.35. The topological polar surface area (TPSA) is 39.9 Å². The van der Waals surface area contributed by atoms with E-state index in [1.54, 1.807) is 0 Å². The lowest BCUT2D eigenvalue weighted by Crippen LogP contribution is -2.32. The summed E-state index contributed by atoms with van der Waals surface area (Å²) < 4.78 is 0. The van der Waals surface area contributed by atoms with Crippen molar-refractivity contribution in [2.45, 2.75) is 25.8 Å². The average Bonchev–Trinajstić information content (AvgIpc) is 2.98. The Bertz CT molecular complexity index is 524. The van der Waals surface area contributed by atoms with Gasteiger partial charge in [-0.1, -0.05) is 18.2 Å². The van der Waals surface area contributed by atoms with E-state index in [9.17, 15) is 0 Å². The van der Waals surface area contributed by atoms with Crippen LogP contribution in [0, 0.1) is 6.92 Å². The molecule has 0 saturated carbocycles. The SMILES string of the molecule is Cc1[nH]c2ccccc2c1CCNC1CCNC1. The molecule has 0 aliphatic carbocycles. The molecule has 18 heavy (non-hydrogen) atoms. The minimum Gasteiger partial charge on any atom is -0.358 e. The van der Waals surface area contributed by atoms with Crippen LogP contribution >= 0.6 is 0 Å². The quantitative estimate of drug-likeness (QED) is 0.768. The largest absolute Gasteiger partial charge is 0.358 e. The van der Waals surface area contributed by atoms with Crippen molar-refractivity contribution < 1.29 is 0 Å². The molecule has 0 bridgehead atoms. The molecule has 3 rings (SSSR count). The number of benzene rings is 1. The van der Waals surface area contributed by atoms with Crippen LogP contribution in [0.25, 0.3) is 10.9 Å². The van der Waals surface area contributed by atoms with Crippen LogP contribution < -0.4 is 10.6 Å². The lowest BCUT2D eigenvalue weighted by Gasteiger charge is -2.10. The van der Waals surface area contributed by atoms with Gasteiger partial charge in [0, 0.05) is 29.2 Å². The van der Waals surface area contributed by atoms with Gasteiger partial charge in [0.05, 0.1) is 0 Å². The maximum Gasteiger partial charge on any atom is 0.0458 e. The molecule has 1 fully saturated rings. The Morgan fingerprint density at radius 1 is 1.33 bits per heavy atom. The third kappa shape index (κ3) is 2.28. The number of fused-ring (bicyclic) bond motifs is 1. The summed E-state index contributed by atoms with van der Waals surface area (Å²) in [5, 5.41) is 8.40. The summed E-state index contributed by atoms with van der Waals surface area (Å²) >= 11 is 0. The van der Waals surface area contributed by atoms with Gasteiger partial charge in [0.1, 0.15) is 0 Å². The zero-order chi connectivity index (χ0) is 12.4. The van der Waals surface area contributed by atoms with Crippen molar-refractivity contribution in [1.82, 2.24) is 15.6 Å². The van der Waals surface area contributed by atoms with Gasteiger partial charge in [-0.25, -0.2) is 0 Å². The number of H-pyrrole nitrogens is 1. The Balaban J connectivity index is 1.68. The molecule has 2 aromatic rings. The standard InChI is InChI=1S/C15H21N3/c1-11-13(7-9-17-12-6-8-16-10-12)14-4-2-3-5-15(14)18-11/h2-5,12,16-18H,6-10H2,1H3. The predicted octanol–water partition coefficient (Wildman–Crippen LogP) is 1.97. The molecule has 0 radical (unpaired) electrons.